The van der Waals surface area contributed by atoms with Gasteiger partial charge in [0, 0.05) is 16.6 Å². The molecule has 0 aliphatic heterocycles. The number of aromatic nitrogens is 1. The zero-order valence-electron chi connectivity index (χ0n) is 15.9. The number of para-hydroxylation sites is 1. The number of hydrogen-bond donors (Lipinski definition) is 2. The first-order valence-corrected chi connectivity index (χ1v) is 10.4. The largest absolute Gasteiger partial charge is 0.358 e. The number of sulfonamides is 1. The van der Waals surface area contributed by atoms with Crippen molar-refractivity contribution in [3.05, 3.63) is 64.8 Å². The number of aromatic amines is 1. The predicted molar refractivity (Wildman–Crippen MR) is 107 cm³/mol. The van der Waals surface area contributed by atoms with Gasteiger partial charge in [0.25, 0.3) is 0 Å². The number of fused-ring (bicyclic) bond motifs is 1. The third-order valence-electron chi connectivity index (χ3n) is 4.87. The second-order valence-corrected chi connectivity index (χ2v) is 9.03. The molecule has 138 valence electrons. The van der Waals surface area contributed by atoms with E-state index in [9.17, 15) is 8.42 Å². The Hall–Kier alpha value is -2.11. The quantitative estimate of drug-likeness (QED) is 0.679. The number of aryl methyl sites for hydroxylation is 3. The molecule has 0 saturated heterocycles. The molecular formula is C21H26N2O2S. The Morgan fingerprint density at radius 3 is 2.23 bits per heavy atom. The summed E-state index contributed by atoms with van der Waals surface area (Å²) in [5, 5.41) is 1.08. The summed E-state index contributed by atoms with van der Waals surface area (Å²) in [6.45, 7) is 10.1. The van der Waals surface area contributed by atoms with Crippen molar-refractivity contribution in [1.29, 1.82) is 0 Å². The Morgan fingerprint density at radius 2 is 1.62 bits per heavy atom. The van der Waals surface area contributed by atoms with E-state index in [0.717, 1.165) is 33.3 Å². The van der Waals surface area contributed by atoms with E-state index in [-0.39, 0.29) is 12.0 Å². The lowest BCUT2D eigenvalue weighted by Crippen LogP contribution is -2.32. The minimum Gasteiger partial charge on any atom is -0.358 e. The maximum atomic E-state index is 12.9. The molecule has 0 amide bonds. The van der Waals surface area contributed by atoms with Crippen molar-refractivity contribution in [2.75, 3.05) is 0 Å². The molecule has 3 rings (SSSR count). The predicted octanol–water partition coefficient (Wildman–Crippen LogP) is 4.77. The van der Waals surface area contributed by atoms with E-state index in [4.69, 9.17) is 0 Å². The molecule has 0 saturated carbocycles. The number of benzene rings is 2. The number of nitrogens with one attached hydrogen (secondary N) is 2. The molecular weight excluding hydrogens is 344 g/mol. The summed E-state index contributed by atoms with van der Waals surface area (Å²) in [7, 11) is -3.61. The van der Waals surface area contributed by atoms with Gasteiger partial charge in [-0.3, -0.25) is 0 Å². The minimum absolute atomic E-state index is 0.105. The Balaban J connectivity index is 2.08. The summed E-state index contributed by atoms with van der Waals surface area (Å²) in [5.74, 6) is 0.105. The van der Waals surface area contributed by atoms with Gasteiger partial charge in [-0.2, -0.15) is 0 Å². The normalized spacial score (nSPS) is 13.5. The Kier molecular flexibility index (Phi) is 4.95. The molecule has 3 aromatic rings. The molecule has 4 nitrogen and oxygen atoms in total. The topological polar surface area (TPSA) is 62.0 Å². The lowest BCUT2D eigenvalue weighted by Gasteiger charge is -2.23. The second kappa shape index (κ2) is 6.89. The minimum atomic E-state index is -3.61. The van der Waals surface area contributed by atoms with Gasteiger partial charge in [0.1, 0.15) is 0 Å². The first-order chi connectivity index (χ1) is 12.2. The van der Waals surface area contributed by atoms with Crippen LogP contribution in [0.3, 0.4) is 0 Å². The lowest BCUT2D eigenvalue weighted by atomic mass is 9.94. The molecule has 0 radical (unpaired) electrons. The Morgan fingerprint density at radius 1 is 0.962 bits per heavy atom. The van der Waals surface area contributed by atoms with Crippen LogP contribution in [0.1, 0.15) is 42.3 Å². The van der Waals surface area contributed by atoms with Crippen LogP contribution in [0.15, 0.2) is 47.4 Å². The SMILES string of the molecule is Cc1ccc(S(=O)(=O)NC(c2c(C)[nH]c3c(C)cccc23)C(C)C)cc1. The summed E-state index contributed by atoms with van der Waals surface area (Å²) in [6.07, 6.45) is 0. The highest BCUT2D eigenvalue weighted by Gasteiger charge is 2.27. The smallest absolute Gasteiger partial charge is 0.241 e. The monoisotopic (exact) mass is 370 g/mol. The highest BCUT2D eigenvalue weighted by Crippen LogP contribution is 2.34. The zero-order valence-corrected chi connectivity index (χ0v) is 16.7. The molecule has 1 aromatic heterocycles. The van der Waals surface area contributed by atoms with E-state index in [1.807, 2.05) is 45.9 Å². The van der Waals surface area contributed by atoms with Crippen LogP contribution in [0.5, 0.6) is 0 Å². The fourth-order valence-corrected chi connectivity index (χ4v) is 4.75. The van der Waals surface area contributed by atoms with E-state index in [1.54, 1.807) is 12.1 Å². The third kappa shape index (κ3) is 3.41. The van der Waals surface area contributed by atoms with Crippen LogP contribution in [0, 0.1) is 26.7 Å². The molecule has 5 heteroatoms. The highest BCUT2D eigenvalue weighted by atomic mass is 32.2. The Labute approximate surface area is 155 Å². The third-order valence-corrected chi connectivity index (χ3v) is 6.33. The van der Waals surface area contributed by atoms with Gasteiger partial charge in [-0.15, -0.1) is 0 Å². The van der Waals surface area contributed by atoms with Gasteiger partial charge in [0.15, 0.2) is 0 Å². The van der Waals surface area contributed by atoms with Gasteiger partial charge in [-0.05, 0) is 49.9 Å². The van der Waals surface area contributed by atoms with Crippen molar-refractivity contribution in [3.63, 3.8) is 0 Å². The van der Waals surface area contributed by atoms with Crippen molar-refractivity contribution in [2.24, 2.45) is 5.92 Å². The standard InChI is InChI=1S/C21H26N2O2S/c1-13(2)20(23-26(24,25)17-11-9-14(3)10-12-17)19-16(5)22-21-15(4)7-6-8-18(19)21/h6-13,20,22-23H,1-5H3. The number of H-pyrrole nitrogens is 1. The number of hydrogen-bond acceptors (Lipinski definition) is 2. The van der Waals surface area contributed by atoms with Gasteiger partial charge in [0.2, 0.25) is 10.0 Å². The summed E-state index contributed by atoms with van der Waals surface area (Å²) in [4.78, 5) is 3.72. The van der Waals surface area contributed by atoms with Gasteiger partial charge >= 0.3 is 0 Å². The highest BCUT2D eigenvalue weighted by molar-refractivity contribution is 7.89. The summed E-state index contributed by atoms with van der Waals surface area (Å²) in [5.41, 5.74) is 5.28. The van der Waals surface area contributed by atoms with Crippen molar-refractivity contribution < 1.29 is 8.42 Å². The van der Waals surface area contributed by atoms with Crippen LogP contribution in [0.4, 0.5) is 0 Å². The molecule has 0 fully saturated rings. The van der Waals surface area contributed by atoms with Gasteiger partial charge < -0.3 is 4.98 Å². The zero-order chi connectivity index (χ0) is 19.1. The molecule has 0 bridgehead atoms. The van der Waals surface area contributed by atoms with E-state index < -0.39 is 10.0 Å². The average Bonchev–Trinajstić information content (AvgIpc) is 2.90. The van der Waals surface area contributed by atoms with Crippen LogP contribution in [0.25, 0.3) is 10.9 Å². The van der Waals surface area contributed by atoms with Crippen molar-refractivity contribution >= 4 is 20.9 Å². The fraction of sp³-hybridized carbons (Fsp3) is 0.333. The van der Waals surface area contributed by atoms with Crippen LogP contribution < -0.4 is 4.72 Å². The van der Waals surface area contributed by atoms with Crippen molar-refractivity contribution in [1.82, 2.24) is 9.71 Å². The van der Waals surface area contributed by atoms with Gasteiger partial charge in [-0.1, -0.05) is 49.7 Å². The summed E-state index contributed by atoms with van der Waals surface area (Å²) in [6, 6.07) is 12.8. The fourth-order valence-electron chi connectivity index (χ4n) is 3.40. The van der Waals surface area contributed by atoms with Crippen LogP contribution in [-0.2, 0) is 10.0 Å². The number of rotatable bonds is 5. The molecule has 0 aliphatic carbocycles. The maximum Gasteiger partial charge on any atom is 0.241 e. The molecule has 2 N–H and O–H groups in total. The molecule has 26 heavy (non-hydrogen) atoms. The van der Waals surface area contributed by atoms with Gasteiger partial charge in [-0.25, -0.2) is 13.1 Å². The van der Waals surface area contributed by atoms with E-state index in [1.165, 1.54) is 0 Å². The molecule has 1 atom stereocenters. The average molecular weight is 371 g/mol. The van der Waals surface area contributed by atoms with E-state index >= 15 is 0 Å². The van der Waals surface area contributed by atoms with Gasteiger partial charge in [0.05, 0.1) is 10.9 Å². The van der Waals surface area contributed by atoms with E-state index in [2.05, 4.69) is 28.8 Å². The summed E-state index contributed by atoms with van der Waals surface area (Å²) < 4.78 is 28.8. The molecule has 0 aliphatic rings. The van der Waals surface area contributed by atoms with Crippen LogP contribution in [-0.4, -0.2) is 13.4 Å². The van der Waals surface area contributed by atoms with Crippen molar-refractivity contribution in [3.8, 4) is 0 Å². The molecule has 1 heterocycles. The second-order valence-electron chi connectivity index (χ2n) is 7.32. The van der Waals surface area contributed by atoms with Crippen LogP contribution in [0.2, 0.25) is 0 Å². The molecule has 0 spiro atoms. The maximum absolute atomic E-state index is 12.9. The molecule has 2 aromatic carbocycles. The first kappa shape index (κ1) is 18.7. The van der Waals surface area contributed by atoms with Crippen molar-refractivity contribution in [2.45, 2.75) is 45.6 Å². The molecule has 1 unspecified atom stereocenters. The van der Waals surface area contributed by atoms with Crippen LogP contribution >= 0.6 is 0 Å². The Bertz CT molecular complexity index is 1030. The first-order valence-electron chi connectivity index (χ1n) is 8.87. The van der Waals surface area contributed by atoms with E-state index in [0.29, 0.717) is 4.90 Å². The lowest BCUT2D eigenvalue weighted by molar-refractivity contribution is 0.464. The summed E-state index contributed by atoms with van der Waals surface area (Å²) >= 11 is 0.